The monoisotopic (exact) mass is 251 g/mol. The average Bonchev–Trinajstić information content (AvgIpc) is 2.32. The van der Waals surface area contributed by atoms with E-state index < -0.39 is 6.10 Å². The topological polar surface area (TPSA) is 49.8 Å². The molecule has 4 heteroatoms. The third-order valence-corrected chi connectivity index (χ3v) is 2.99. The molecule has 18 heavy (non-hydrogen) atoms. The van der Waals surface area contributed by atoms with Gasteiger partial charge in [0.05, 0.1) is 7.11 Å². The summed E-state index contributed by atoms with van der Waals surface area (Å²) in [5.41, 5.74) is 3.17. The first-order valence-electron chi connectivity index (χ1n) is 5.94. The average molecular weight is 251 g/mol. The summed E-state index contributed by atoms with van der Waals surface area (Å²) in [6.07, 6.45) is -0.963. The molecule has 0 aromatic heterocycles. The second-order valence-electron chi connectivity index (χ2n) is 4.62. The van der Waals surface area contributed by atoms with Crippen molar-refractivity contribution < 1.29 is 14.6 Å². The Bertz CT molecular complexity index is 441. The van der Waals surface area contributed by atoms with Gasteiger partial charge in [0.1, 0.15) is 11.9 Å². The van der Waals surface area contributed by atoms with Crippen molar-refractivity contribution in [1.29, 1.82) is 0 Å². The van der Waals surface area contributed by atoms with E-state index in [1.807, 2.05) is 26.0 Å². The molecular weight excluding hydrogens is 230 g/mol. The van der Waals surface area contributed by atoms with Crippen LogP contribution in [0.2, 0.25) is 0 Å². The highest BCUT2D eigenvalue weighted by Gasteiger charge is 2.16. The van der Waals surface area contributed by atoms with Crippen LogP contribution in [0.1, 0.15) is 23.6 Å². The minimum Gasteiger partial charge on any atom is -0.496 e. The fraction of sp³-hybridized carbons (Fsp3) is 0.500. The first kappa shape index (κ1) is 14.5. The van der Waals surface area contributed by atoms with Gasteiger partial charge in [-0.05, 0) is 43.5 Å². The van der Waals surface area contributed by atoms with Crippen LogP contribution in [-0.4, -0.2) is 36.2 Å². The molecule has 1 N–H and O–H groups in total. The van der Waals surface area contributed by atoms with Crippen molar-refractivity contribution in [2.45, 2.75) is 33.4 Å². The van der Waals surface area contributed by atoms with Gasteiger partial charge in [0.15, 0.2) is 0 Å². The van der Waals surface area contributed by atoms with Crippen LogP contribution in [0, 0.1) is 13.8 Å². The number of aliphatic hydroxyl groups excluding tert-OH is 1. The molecule has 4 nitrogen and oxygen atoms in total. The lowest BCUT2D eigenvalue weighted by atomic mass is 10.0. The van der Waals surface area contributed by atoms with E-state index >= 15 is 0 Å². The lowest BCUT2D eigenvalue weighted by Gasteiger charge is -2.20. The maximum absolute atomic E-state index is 11.6. The maximum Gasteiger partial charge on any atom is 0.251 e. The van der Waals surface area contributed by atoms with Gasteiger partial charge in [0.25, 0.3) is 5.91 Å². The SMILES string of the molecule is COc1cc(C)c(CN(C)C(=O)C(C)O)cc1C. The molecule has 0 bridgehead atoms. The lowest BCUT2D eigenvalue weighted by molar-refractivity contribution is -0.138. The Morgan fingerprint density at radius 2 is 2.00 bits per heavy atom. The summed E-state index contributed by atoms with van der Waals surface area (Å²) in [4.78, 5) is 13.1. The molecule has 1 aromatic carbocycles. The molecule has 0 spiro atoms. The second kappa shape index (κ2) is 5.87. The van der Waals surface area contributed by atoms with Crippen molar-refractivity contribution in [3.8, 4) is 5.75 Å². The number of ether oxygens (including phenoxy) is 1. The Morgan fingerprint density at radius 3 is 2.50 bits per heavy atom. The van der Waals surface area contributed by atoms with Gasteiger partial charge < -0.3 is 14.7 Å². The van der Waals surface area contributed by atoms with Gasteiger partial charge >= 0.3 is 0 Å². The number of aliphatic hydroxyl groups is 1. The number of amides is 1. The summed E-state index contributed by atoms with van der Waals surface area (Å²) in [7, 11) is 3.33. The zero-order valence-electron chi connectivity index (χ0n) is 11.7. The van der Waals surface area contributed by atoms with E-state index in [2.05, 4.69) is 0 Å². The van der Waals surface area contributed by atoms with Crippen LogP contribution in [0.25, 0.3) is 0 Å². The Balaban J connectivity index is 2.92. The van der Waals surface area contributed by atoms with Crippen molar-refractivity contribution in [3.05, 3.63) is 28.8 Å². The zero-order chi connectivity index (χ0) is 13.9. The highest BCUT2D eigenvalue weighted by atomic mass is 16.5. The van der Waals surface area contributed by atoms with Gasteiger partial charge in [-0.25, -0.2) is 0 Å². The highest BCUT2D eigenvalue weighted by Crippen LogP contribution is 2.23. The molecule has 1 aromatic rings. The Morgan fingerprint density at radius 1 is 1.39 bits per heavy atom. The predicted octanol–water partition coefficient (Wildman–Crippen LogP) is 1.65. The number of carbonyl (C=O) groups is 1. The number of hydrogen-bond donors (Lipinski definition) is 1. The summed E-state index contributed by atoms with van der Waals surface area (Å²) in [5, 5.41) is 9.26. The Labute approximate surface area is 108 Å². The van der Waals surface area contributed by atoms with Crippen molar-refractivity contribution >= 4 is 5.91 Å². The molecular formula is C14H21NO3. The van der Waals surface area contributed by atoms with Crippen LogP contribution in [0.4, 0.5) is 0 Å². The van der Waals surface area contributed by atoms with Gasteiger partial charge in [-0.3, -0.25) is 4.79 Å². The Hall–Kier alpha value is -1.55. The van der Waals surface area contributed by atoms with E-state index in [1.54, 1.807) is 14.2 Å². The van der Waals surface area contributed by atoms with Crippen LogP contribution in [-0.2, 0) is 11.3 Å². The predicted molar refractivity (Wildman–Crippen MR) is 70.6 cm³/mol. The van der Waals surface area contributed by atoms with Crippen molar-refractivity contribution in [3.63, 3.8) is 0 Å². The molecule has 0 fully saturated rings. The molecule has 0 saturated carbocycles. The van der Waals surface area contributed by atoms with Crippen molar-refractivity contribution in [2.24, 2.45) is 0 Å². The van der Waals surface area contributed by atoms with Crippen molar-refractivity contribution in [1.82, 2.24) is 4.90 Å². The number of nitrogens with zero attached hydrogens (tertiary/aromatic N) is 1. The van der Waals surface area contributed by atoms with Gasteiger partial charge in [-0.15, -0.1) is 0 Å². The normalized spacial score (nSPS) is 12.1. The number of hydrogen-bond acceptors (Lipinski definition) is 3. The maximum atomic E-state index is 11.6. The van der Waals surface area contributed by atoms with Crippen molar-refractivity contribution in [2.75, 3.05) is 14.2 Å². The molecule has 0 aliphatic carbocycles. The third kappa shape index (κ3) is 3.23. The number of carbonyl (C=O) groups excluding carboxylic acids is 1. The largest absolute Gasteiger partial charge is 0.496 e. The van der Waals surface area contributed by atoms with E-state index in [0.29, 0.717) is 6.54 Å². The van der Waals surface area contributed by atoms with Gasteiger partial charge in [-0.2, -0.15) is 0 Å². The van der Waals surface area contributed by atoms with Crippen LogP contribution in [0.3, 0.4) is 0 Å². The van der Waals surface area contributed by atoms with E-state index in [1.165, 1.54) is 11.8 Å². The standard InChI is InChI=1S/C14H21NO3/c1-9-7-13(18-5)10(2)6-12(9)8-15(4)14(17)11(3)16/h6-7,11,16H,8H2,1-5H3. The highest BCUT2D eigenvalue weighted by molar-refractivity contribution is 5.79. The molecule has 1 atom stereocenters. The number of aryl methyl sites for hydroxylation is 2. The van der Waals surface area contributed by atoms with E-state index in [4.69, 9.17) is 4.74 Å². The Kier molecular flexibility index (Phi) is 4.73. The molecule has 0 radical (unpaired) electrons. The number of methoxy groups -OCH3 is 1. The lowest BCUT2D eigenvalue weighted by Crippen LogP contribution is -2.34. The smallest absolute Gasteiger partial charge is 0.251 e. The van der Waals surface area contributed by atoms with E-state index in [9.17, 15) is 9.90 Å². The molecule has 1 unspecified atom stereocenters. The third-order valence-electron chi connectivity index (χ3n) is 2.99. The summed E-state index contributed by atoms with van der Waals surface area (Å²) in [5.74, 6) is 0.573. The van der Waals surface area contributed by atoms with Crippen LogP contribution < -0.4 is 4.74 Å². The fourth-order valence-corrected chi connectivity index (χ4v) is 1.89. The van der Waals surface area contributed by atoms with E-state index in [0.717, 1.165) is 22.4 Å². The van der Waals surface area contributed by atoms with Crippen LogP contribution in [0.5, 0.6) is 5.75 Å². The van der Waals surface area contributed by atoms with Crippen LogP contribution >= 0.6 is 0 Å². The molecule has 1 amide bonds. The minimum atomic E-state index is -0.963. The number of rotatable bonds is 4. The molecule has 100 valence electrons. The molecule has 0 aliphatic heterocycles. The minimum absolute atomic E-state index is 0.275. The summed E-state index contributed by atoms with van der Waals surface area (Å²) < 4.78 is 5.25. The quantitative estimate of drug-likeness (QED) is 0.885. The number of likely N-dealkylation sites (N-methyl/N-ethyl adjacent to an activating group) is 1. The molecule has 0 heterocycles. The summed E-state index contributed by atoms with van der Waals surface area (Å²) in [6, 6.07) is 3.98. The summed E-state index contributed by atoms with van der Waals surface area (Å²) >= 11 is 0. The molecule has 1 rings (SSSR count). The number of benzene rings is 1. The molecule has 0 saturated heterocycles. The van der Waals surface area contributed by atoms with Crippen LogP contribution in [0.15, 0.2) is 12.1 Å². The molecule has 0 aliphatic rings. The van der Waals surface area contributed by atoms with Gasteiger partial charge in [-0.1, -0.05) is 6.07 Å². The fourth-order valence-electron chi connectivity index (χ4n) is 1.89. The van der Waals surface area contributed by atoms with Gasteiger partial charge in [0.2, 0.25) is 0 Å². The van der Waals surface area contributed by atoms with E-state index in [-0.39, 0.29) is 5.91 Å². The van der Waals surface area contributed by atoms with Gasteiger partial charge in [0, 0.05) is 13.6 Å². The first-order chi connectivity index (χ1) is 8.36. The second-order valence-corrected chi connectivity index (χ2v) is 4.62. The zero-order valence-corrected chi connectivity index (χ0v) is 11.7. The summed E-state index contributed by atoms with van der Waals surface area (Å²) in [6.45, 7) is 5.92. The first-order valence-corrected chi connectivity index (χ1v) is 5.94.